The maximum absolute atomic E-state index is 11.2. The molecule has 0 aliphatic heterocycles. The monoisotopic (exact) mass is 160 g/mol. The minimum atomic E-state index is -1.76. The fourth-order valence-corrected chi connectivity index (χ4v) is 0.617. The van der Waals surface area contributed by atoms with Crippen LogP contribution in [0.3, 0.4) is 0 Å². The number of hydrogen-bond donors (Lipinski definition) is 0. The highest BCUT2D eigenvalue weighted by molar-refractivity contribution is 8.04. The maximum Gasteiger partial charge on any atom is 0.255 e. The van der Waals surface area contributed by atoms with Gasteiger partial charge in [-0.2, -0.15) is 0 Å². The van der Waals surface area contributed by atoms with E-state index in [0.29, 0.717) is 0 Å². The highest BCUT2D eigenvalue weighted by Crippen LogP contribution is 1.92. The van der Waals surface area contributed by atoms with E-state index in [2.05, 4.69) is 4.18 Å². The quantitative estimate of drug-likeness (QED) is 0.456. The van der Waals surface area contributed by atoms with Crippen LogP contribution in [0.5, 0.6) is 0 Å². The molecule has 0 aromatic rings. The van der Waals surface area contributed by atoms with E-state index in [1.54, 1.807) is 0 Å². The van der Waals surface area contributed by atoms with E-state index in [0.717, 1.165) is 0 Å². The molecule has 0 fully saturated rings. The first-order valence-corrected chi connectivity index (χ1v) is 3.94. The van der Waals surface area contributed by atoms with Crippen molar-refractivity contribution in [2.45, 2.75) is 6.42 Å². The maximum atomic E-state index is 11.2. The SMILES string of the molecule is O=S(Cl)OCCCF. The third-order valence-corrected chi connectivity index (χ3v) is 1.07. The Morgan fingerprint density at radius 3 is 2.75 bits per heavy atom. The van der Waals surface area contributed by atoms with Gasteiger partial charge in [0.15, 0.2) is 0 Å². The molecule has 2 nitrogen and oxygen atoms in total. The second-order valence-electron chi connectivity index (χ2n) is 1.06. The first-order chi connectivity index (χ1) is 3.77. The van der Waals surface area contributed by atoms with E-state index in [4.69, 9.17) is 10.7 Å². The third kappa shape index (κ3) is 6.33. The Bertz CT molecular complexity index is 79.7. The Labute approximate surface area is 54.1 Å². The molecule has 0 bridgehead atoms. The predicted octanol–water partition coefficient (Wildman–Crippen LogP) is 1.18. The van der Waals surface area contributed by atoms with Gasteiger partial charge in [0, 0.05) is 17.1 Å². The molecule has 0 aromatic heterocycles. The largest absolute Gasteiger partial charge is 0.278 e. The average Bonchev–Trinajstić information content (AvgIpc) is 1.66. The standard InChI is InChI=1S/C3H6ClFO2S/c4-8(6)7-3-1-2-5/h1-3H2. The molecule has 1 atom stereocenters. The Morgan fingerprint density at radius 2 is 2.38 bits per heavy atom. The molecule has 8 heavy (non-hydrogen) atoms. The molecule has 0 saturated heterocycles. The van der Waals surface area contributed by atoms with Gasteiger partial charge in [-0.15, -0.1) is 0 Å². The lowest BCUT2D eigenvalue weighted by Crippen LogP contribution is -1.93. The molecule has 0 N–H and O–H groups in total. The molecule has 0 aliphatic carbocycles. The summed E-state index contributed by atoms with van der Waals surface area (Å²) in [5.74, 6) is 0. The van der Waals surface area contributed by atoms with E-state index < -0.39 is 17.0 Å². The summed E-state index contributed by atoms with van der Waals surface area (Å²) < 4.78 is 25.4. The summed E-state index contributed by atoms with van der Waals surface area (Å²) in [4.78, 5) is 0. The Kier molecular flexibility index (Phi) is 5.69. The molecule has 0 spiro atoms. The predicted molar refractivity (Wildman–Crippen MR) is 30.5 cm³/mol. The van der Waals surface area contributed by atoms with Gasteiger partial charge < -0.3 is 0 Å². The normalized spacial score (nSPS) is 13.8. The molecular weight excluding hydrogens is 155 g/mol. The Morgan fingerprint density at radius 1 is 1.75 bits per heavy atom. The molecule has 0 rings (SSSR count). The highest BCUT2D eigenvalue weighted by Gasteiger charge is 1.90. The van der Waals surface area contributed by atoms with Crippen LogP contribution in [0.15, 0.2) is 0 Å². The first kappa shape index (κ1) is 8.33. The van der Waals surface area contributed by atoms with Gasteiger partial charge in [0.1, 0.15) is 0 Å². The lowest BCUT2D eigenvalue weighted by atomic mass is 10.5. The van der Waals surface area contributed by atoms with Crippen molar-refractivity contribution < 1.29 is 12.8 Å². The van der Waals surface area contributed by atoms with Gasteiger partial charge in [-0.25, -0.2) is 4.21 Å². The molecule has 0 radical (unpaired) electrons. The van der Waals surface area contributed by atoms with E-state index in [1.165, 1.54) is 0 Å². The fraction of sp³-hybridized carbons (Fsp3) is 1.00. The van der Waals surface area contributed by atoms with E-state index >= 15 is 0 Å². The van der Waals surface area contributed by atoms with E-state index in [-0.39, 0.29) is 13.0 Å². The van der Waals surface area contributed by atoms with Crippen LogP contribution in [-0.2, 0) is 14.5 Å². The van der Waals surface area contributed by atoms with Crippen LogP contribution >= 0.6 is 10.7 Å². The molecule has 0 aliphatic rings. The van der Waals surface area contributed by atoms with Gasteiger partial charge >= 0.3 is 0 Å². The molecule has 0 saturated carbocycles. The van der Waals surface area contributed by atoms with Crippen LogP contribution in [0.2, 0.25) is 0 Å². The Balaban J connectivity index is 2.82. The second-order valence-corrected chi connectivity index (χ2v) is 2.44. The van der Waals surface area contributed by atoms with Crippen LogP contribution < -0.4 is 0 Å². The zero-order chi connectivity index (χ0) is 6.41. The average molecular weight is 161 g/mol. The zero-order valence-corrected chi connectivity index (χ0v) is 5.67. The van der Waals surface area contributed by atoms with Crippen molar-refractivity contribution in [2.24, 2.45) is 0 Å². The second kappa shape index (κ2) is 5.47. The number of alkyl halides is 1. The van der Waals surface area contributed by atoms with Crippen molar-refractivity contribution >= 4 is 21.0 Å². The molecule has 0 heterocycles. The van der Waals surface area contributed by atoms with Crippen LogP contribution in [0, 0.1) is 0 Å². The molecule has 5 heteroatoms. The van der Waals surface area contributed by atoms with Crippen molar-refractivity contribution in [1.82, 2.24) is 0 Å². The van der Waals surface area contributed by atoms with Gasteiger partial charge in [-0.05, 0) is 0 Å². The summed E-state index contributed by atoms with van der Waals surface area (Å²) in [6.45, 7) is -0.347. The van der Waals surface area contributed by atoms with Gasteiger partial charge in [0.25, 0.3) is 10.3 Å². The third-order valence-electron chi connectivity index (χ3n) is 0.454. The fourth-order valence-electron chi connectivity index (χ4n) is 0.179. The van der Waals surface area contributed by atoms with Crippen molar-refractivity contribution in [3.05, 3.63) is 0 Å². The highest BCUT2D eigenvalue weighted by atomic mass is 35.7. The van der Waals surface area contributed by atoms with E-state index in [9.17, 15) is 8.60 Å². The van der Waals surface area contributed by atoms with E-state index in [1.807, 2.05) is 0 Å². The molecule has 0 aromatic carbocycles. The smallest absolute Gasteiger partial charge is 0.255 e. The van der Waals surface area contributed by atoms with Crippen molar-refractivity contribution in [2.75, 3.05) is 13.3 Å². The summed E-state index contributed by atoms with van der Waals surface area (Å²) in [5, 5.41) is 0. The Hall–Kier alpha value is 0.330. The van der Waals surface area contributed by atoms with Crippen LogP contribution in [-0.4, -0.2) is 17.5 Å². The molecule has 50 valence electrons. The van der Waals surface area contributed by atoms with Crippen molar-refractivity contribution in [1.29, 1.82) is 0 Å². The van der Waals surface area contributed by atoms with Gasteiger partial charge in [-0.1, -0.05) is 0 Å². The molecular formula is C3H6ClFO2S. The molecule has 0 amide bonds. The topological polar surface area (TPSA) is 26.3 Å². The van der Waals surface area contributed by atoms with Gasteiger partial charge in [0.05, 0.1) is 13.3 Å². The minimum absolute atomic E-state index is 0.118. The van der Waals surface area contributed by atoms with Crippen LogP contribution in [0.1, 0.15) is 6.42 Å². The number of hydrogen-bond acceptors (Lipinski definition) is 2. The van der Waals surface area contributed by atoms with Crippen molar-refractivity contribution in [3.8, 4) is 0 Å². The number of rotatable bonds is 4. The number of halogens is 2. The molecule has 1 unspecified atom stereocenters. The zero-order valence-electron chi connectivity index (χ0n) is 4.10. The van der Waals surface area contributed by atoms with Crippen LogP contribution in [0.25, 0.3) is 0 Å². The summed E-state index contributed by atoms with van der Waals surface area (Å²) >= 11 is 0. The lowest BCUT2D eigenvalue weighted by Gasteiger charge is -1.90. The first-order valence-electron chi connectivity index (χ1n) is 2.04. The summed E-state index contributed by atoms with van der Waals surface area (Å²) in [6.07, 6.45) is 0.248. The van der Waals surface area contributed by atoms with Gasteiger partial charge in [-0.3, -0.25) is 8.57 Å². The minimum Gasteiger partial charge on any atom is -0.278 e. The van der Waals surface area contributed by atoms with Gasteiger partial charge in [0.2, 0.25) is 0 Å². The summed E-state index contributed by atoms with van der Waals surface area (Å²) in [7, 11) is 3.08. The van der Waals surface area contributed by atoms with Crippen LogP contribution in [0.4, 0.5) is 4.39 Å². The lowest BCUT2D eigenvalue weighted by molar-refractivity contribution is 0.319. The summed E-state index contributed by atoms with van der Waals surface area (Å²) in [6, 6.07) is 0. The van der Waals surface area contributed by atoms with Crippen molar-refractivity contribution in [3.63, 3.8) is 0 Å². The summed E-state index contributed by atoms with van der Waals surface area (Å²) in [5.41, 5.74) is 0.